The number of hydrogen-bond donors (Lipinski definition) is 0. The van der Waals surface area contributed by atoms with Crippen LogP contribution in [-0.2, 0) is 9.59 Å². The van der Waals surface area contributed by atoms with Gasteiger partial charge in [0.2, 0.25) is 11.8 Å². The van der Waals surface area contributed by atoms with Crippen LogP contribution in [0.15, 0.2) is 40.4 Å². The fraction of sp³-hybridized carbons (Fsp3) is 0.429. The summed E-state index contributed by atoms with van der Waals surface area (Å²) in [5.41, 5.74) is 2.71. The molecule has 1 amide bonds. The standard InChI is InChI=1S/C21H23N3O3/c1-14-22-21(27-23-14)18-9-5-6-12-24(18)20(26)13-17-16(10-11-19(17)25)15-7-3-2-4-8-15/h2-4,7-8,18H,5-6,9-13H2,1H3. The lowest BCUT2D eigenvalue weighted by Gasteiger charge is -2.33. The molecule has 0 saturated carbocycles. The van der Waals surface area contributed by atoms with Crippen LogP contribution >= 0.6 is 0 Å². The maximum absolute atomic E-state index is 13.1. The number of nitrogens with zero attached hydrogens (tertiary/aromatic N) is 3. The van der Waals surface area contributed by atoms with Gasteiger partial charge >= 0.3 is 0 Å². The molecule has 1 fully saturated rings. The lowest BCUT2D eigenvalue weighted by atomic mass is 9.97. The van der Waals surface area contributed by atoms with E-state index in [9.17, 15) is 9.59 Å². The molecule has 1 atom stereocenters. The average molecular weight is 365 g/mol. The molecule has 6 heteroatoms. The third kappa shape index (κ3) is 3.56. The fourth-order valence-electron chi connectivity index (χ4n) is 4.06. The fourth-order valence-corrected chi connectivity index (χ4v) is 4.06. The van der Waals surface area contributed by atoms with Crippen molar-refractivity contribution in [3.63, 3.8) is 0 Å². The minimum Gasteiger partial charge on any atom is -0.337 e. The van der Waals surface area contributed by atoms with Crippen molar-refractivity contribution < 1.29 is 14.1 Å². The van der Waals surface area contributed by atoms with Crippen molar-refractivity contribution in [3.05, 3.63) is 53.2 Å². The number of piperidine rings is 1. The van der Waals surface area contributed by atoms with Crippen LogP contribution in [0.1, 0.15) is 61.8 Å². The molecule has 4 rings (SSSR count). The molecule has 0 bridgehead atoms. The first-order valence-corrected chi connectivity index (χ1v) is 9.54. The topological polar surface area (TPSA) is 76.3 Å². The van der Waals surface area contributed by atoms with Gasteiger partial charge in [0.25, 0.3) is 0 Å². The molecule has 0 radical (unpaired) electrons. The van der Waals surface area contributed by atoms with E-state index in [4.69, 9.17) is 4.52 Å². The molecule has 2 aromatic rings. The second-order valence-corrected chi connectivity index (χ2v) is 7.20. The van der Waals surface area contributed by atoms with Gasteiger partial charge in [0, 0.05) is 18.5 Å². The molecular weight excluding hydrogens is 342 g/mol. The van der Waals surface area contributed by atoms with Crippen molar-refractivity contribution >= 4 is 17.3 Å². The summed E-state index contributed by atoms with van der Waals surface area (Å²) in [7, 11) is 0. The van der Waals surface area contributed by atoms with Gasteiger partial charge in [0.1, 0.15) is 6.04 Å². The number of allylic oxidation sites excluding steroid dienone is 1. The monoisotopic (exact) mass is 365 g/mol. The van der Waals surface area contributed by atoms with E-state index in [0.29, 0.717) is 36.7 Å². The number of aromatic nitrogens is 2. The number of amides is 1. The summed E-state index contributed by atoms with van der Waals surface area (Å²) in [6.45, 7) is 2.43. The van der Waals surface area contributed by atoms with Crippen LogP contribution in [0.25, 0.3) is 5.57 Å². The first-order chi connectivity index (χ1) is 13.1. The Morgan fingerprint density at radius 2 is 2.04 bits per heavy atom. The Morgan fingerprint density at radius 1 is 1.22 bits per heavy atom. The minimum atomic E-state index is -0.190. The van der Waals surface area contributed by atoms with Crippen molar-refractivity contribution in [1.82, 2.24) is 15.0 Å². The van der Waals surface area contributed by atoms with E-state index in [1.807, 2.05) is 35.2 Å². The number of hydrogen-bond acceptors (Lipinski definition) is 5. The summed E-state index contributed by atoms with van der Waals surface area (Å²) in [6, 6.07) is 9.69. The van der Waals surface area contributed by atoms with Crippen molar-refractivity contribution in [2.24, 2.45) is 0 Å². The molecule has 1 aromatic heterocycles. The summed E-state index contributed by atoms with van der Waals surface area (Å²) in [4.78, 5) is 31.7. The number of benzene rings is 1. The summed E-state index contributed by atoms with van der Waals surface area (Å²) >= 11 is 0. The van der Waals surface area contributed by atoms with E-state index in [2.05, 4.69) is 10.1 Å². The molecule has 1 saturated heterocycles. The van der Waals surface area contributed by atoms with Gasteiger partial charge < -0.3 is 9.42 Å². The zero-order valence-corrected chi connectivity index (χ0v) is 15.5. The van der Waals surface area contributed by atoms with Gasteiger partial charge in [-0.25, -0.2) is 0 Å². The molecule has 0 N–H and O–H groups in total. The van der Waals surface area contributed by atoms with E-state index < -0.39 is 0 Å². The molecule has 140 valence electrons. The van der Waals surface area contributed by atoms with Crippen LogP contribution in [0, 0.1) is 6.92 Å². The van der Waals surface area contributed by atoms with Gasteiger partial charge in [-0.15, -0.1) is 0 Å². The van der Waals surface area contributed by atoms with Crippen LogP contribution in [0.5, 0.6) is 0 Å². The Hall–Kier alpha value is -2.76. The van der Waals surface area contributed by atoms with E-state index in [-0.39, 0.29) is 24.2 Å². The van der Waals surface area contributed by atoms with Gasteiger partial charge in [0.05, 0.1) is 6.42 Å². The first-order valence-electron chi connectivity index (χ1n) is 9.54. The number of Topliss-reactive ketones (excluding diaryl/α,β-unsaturated/α-hetero) is 1. The molecule has 2 heterocycles. The van der Waals surface area contributed by atoms with Crippen molar-refractivity contribution in [2.75, 3.05) is 6.54 Å². The maximum Gasteiger partial charge on any atom is 0.249 e. The first kappa shape index (κ1) is 17.6. The lowest BCUT2D eigenvalue weighted by Crippen LogP contribution is -2.39. The van der Waals surface area contributed by atoms with Crippen LogP contribution in [-0.4, -0.2) is 33.3 Å². The Morgan fingerprint density at radius 3 is 2.78 bits per heavy atom. The van der Waals surface area contributed by atoms with E-state index in [1.54, 1.807) is 6.92 Å². The van der Waals surface area contributed by atoms with Crippen LogP contribution in [0.3, 0.4) is 0 Å². The Balaban J connectivity index is 1.59. The number of ketones is 1. The second kappa shape index (κ2) is 7.47. The normalized spacial score (nSPS) is 20.4. The number of likely N-dealkylation sites (tertiary alicyclic amines) is 1. The molecule has 27 heavy (non-hydrogen) atoms. The van der Waals surface area contributed by atoms with Gasteiger partial charge in [-0.1, -0.05) is 35.5 Å². The predicted molar refractivity (Wildman–Crippen MR) is 99.6 cm³/mol. The number of rotatable bonds is 4. The quantitative estimate of drug-likeness (QED) is 0.827. The van der Waals surface area contributed by atoms with Crippen molar-refractivity contribution in [1.29, 1.82) is 0 Å². The highest BCUT2D eigenvalue weighted by molar-refractivity contribution is 6.10. The van der Waals surface area contributed by atoms with E-state index >= 15 is 0 Å². The number of carbonyl (C=O) groups is 2. The number of aryl methyl sites for hydroxylation is 1. The van der Waals surface area contributed by atoms with Gasteiger partial charge in [-0.05, 0) is 43.7 Å². The molecule has 1 aliphatic heterocycles. The molecular formula is C21H23N3O3. The highest BCUT2D eigenvalue weighted by Crippen LogP contribution is 2.36. The van der Waals surface area contributed by atoms with E-state index in [1.165, 1.54) is 0 Å². The summed E-state index contributed by atoms with van der Waals surface area (Å²) < 4.78 is 5.33. The van der Waals surface area contributed by atoms with Crippen LogP contribution < -0.4 is 0 Å². The van der Waals surface area contributed by atoms with Gasteiger partial charge in [-0.2, -0.15) is 4.98 Å². The summed E-state index contributed by atoms with van der Waals surface area (Å²) in [6.07, 6.45) is 4.12. The highest BCUT2D eigenvalue weighted by atomic mass is 16.5. The van der Waals surface area contributed by atoms with Crippen molar-refractivity contribution in [3.8, 4) is 0 Å². The molecule has 1 aliphatic carbocycles. The zero-order valence-electron chi connectivity index (χ0n) is 15.5. The Bertz CT molecular complexity index is 885. The molecule has 1 aromatic carbocycles. The third-order valence-corrected chi connectivity index (χ3v) is 5.40. The Labute approximate surface area is 158 Å². The van der Waals surface area contributed by atoms with E-state index in [0.717, 1.165) is 30.4 Å². The molecule has 6 nitrogen and oxygen atoms in total. The second-order valence-electron chi connectivity index (χ2n) is 7.20. The van der Waals surface area contributed by atoms with Crippen LogP contribution in [0.2, 0.25) is 0 Å². The highest BCUT2D eigenvalue weighted by Gasteiger charge is 2.34. The minimum absolute atomic E-state index is 0.0331. The summed E-state index contributed by atoms with van der Waals surface area (Å²) in [5.74, 6) is 1.12. The van der Waals surface area contributed by atoms with Crippen LogP contribution in [0.4, 0.5) is 0 Å². The Kier molecular flexibility index (Phi) is 4.88. The average Bonchev–Trinajstić information content (AvgIpc) is 3.29. The summed E-state index contributed by atoms with van der Waals surface area (Å²) in [5, 5.41) is 3.87. The van der Waals surface area contributed by atoms with Crippen molar-refractivity contribution in [2.45, 2.75) is 51.5 Å². The maximum atomic E-state index is 13.1. The SMILES string of the molecule is Cc1noc(C2CCCCN2C(=O)CC2=C(c3ccccc3)CCC2=O)n1. The third-order valence-electron chi connectivity index (χ3n) is 5.40. The lowest BCUT2D eigenvalue weighted by molar-refractivity contribution is -0.135. The number of carbonyl (C=O) groups excluding carboxylic acids is 2. The predicted octanol–water partition coefficient (Wildman–Crippen LogP) is 3.64. The smallest absolute Gasteiger partial charge is 0.249 e. The molecule has 1 unspecified atom stereocenters. The van der Waals surface area contributed by atoms with Gasteiger partial charge in [0.15, 0.2) is 11.6 Å². The molecule has 0 spiro atoms. The molecule has 2 aliphatic rings. The zero-order chi connectivity index (χ0) is 18.8. The van der Waals surface area contributed by atoms with Gasteiger partial charge in [-0.3, -0.25) is 9.59 Å². The largest absolute Gasteiger partial charge is 0.337 e.